The highest BCUT2D eigenvalue weighted by atomic mass is 16.5. The zero-order chi connectivity index (χ0) is 13.5. The lowest BCUT2D eigenvalue weighted by molar-refractivity contribution is -0.137. The topological polar surface area (TPSA) is 66.8 Å². The molecule has 5 nitrogen and oxygen atoms in total. The second-order valence-corrected chi connectivity index (χ2v) is 4.03. The lowest BCUT2D eigenvalue weighted by Gasteiger charge is -2.14. The second kappa shape index (κ2) is 6.76. The van der Waals surface area contributed by atoms with Gasteiger partial charge in [-0.1, -0.05) is 0 Å². The Morgan fingerprint density at radius 1 is 1.28 bits per heavy atom. The molecule has 0 aliphatic rings. The van der Waals surface area contributed by atoms with Gasteiger partial charge in [0.05, 0.1) is 20.1 Å². The highest BCUT2D eigenvalue weighted by Crippen LogP contribution is 2.11. The third-order valence-corrected chi connectivity index (χ3v) is 2.53. The van der Waals surface area contributed by atoms with Crippen molar-refractivity contribution in [3.05, 3.63) is 29.8 Å². The maximum absolute atomic E-state index is 11.9. The van der Waals surface area contributed by atoms with Gasteiger partial charge in [0.15, 0.2) is 5.78 Å². The second-order valence-electron chi connectivity index (χ2n) is 4.03. The molecule has 0 heterocycles. The number of hydrogen-bond donors (Lipinski definition) is 1. The van der Waals surface area contributed by atoms with Crippen LogP contribution in [0.5, 0.6) is 5.75 Å². The number of carboxylic acids is 1. The van der Waals surface area contributed by atoms with Crippen molar-refractivity contribution in [3.8, 4) is 5.75 Å². The molecule has 0 aliphatic carbocycles. The van der Waals surface area contributed by atoms with Gasteiger partial charge in [-0.3, -0.25) is 14.5 Å². The Kier molecular flexibility index (Phi) is 5.32. The Bertz CT molecular complexity index is 414. The van der Waals surface area contributed by atoms with Crippen LogP contribution in [0, 0.1) is 0 Å². The maximum atomic E-state index is 11.9. The summed E-state index contributed by atoms with van der Waals surface area (Å²) in [4.78, 5) is 24.0. The van der Waals surface area contributed by atoms with Crippen molar-refractivity contribution in [1.82, 2.24) is 4.90 Å². The summed E-state index contributed by atoms with van der Waals surface area (Å²) in [5.74, 6) is -0.199. The van der Waals surface area contributed by atoms with E-state index in [0.29, 0.717) is 17.9 Å². The summed E-state index contributed by atoms with van der Waals surface area (Å²) in [6, 6.07) is 6.85. The molecule has 0 radical (unpaired) electrons. The monoisotopic (exact) mass is 251 g/mol. The number of ether oxygens (including phenoxy) is 1. The molecule has 1 aromatic rings. The fourth-order valence-corrected chi connectivity index (χ4v) is 1.48. The van der Waals surface area contributed by atoms with Gasteiger partial charge in [-0.15, -0.1) is 0 Å². The van der Waals surface area contributed by atoms with Crippen molar-refractivity contribution in [2.24, 2.45) is 0 Å². The summed E-state index contributed by atoms with van der Waals surface area (Å²) in [6.07, 6.45) is 0.0341. The first-order valence-electron chi connectivity index (χ1n) is 5.60. The van der Waals surface area contributed by atoms with Crippen LogP contribution in [0.15, 0.2) is 24.3 Å². The van der Waals surface area contributed by atoms with Crippen molar-refractivity contribution < 1.29 is 19.4 Å². The van der Waals surface area contributed by atoms with E-state index in [9.17, 15) is 9.59 Å². The minimum absolute atomic E-state index is 0.0341. The number of ketones is 1. The Balaban J connectivity index is 2.50. The Labute approximate surface area is 106 Å². The predicted octanol–water partition coefficient (Wildman–Crippen LogP) is 1.28. The number of nitrogens with zero attached hydrogens (tertiary/aromatic N) is 1. The van der Waals surface area contributed by atoms with Crippen molar-refractivity contribution in [2.75, 3.05) is 27.2 Å². The van der Waals surface area contributed by atoms with Gasteiger partial charge >= 0.3 is 5.97 Å². The predicted molar refractivity (Wildman–Crippen MR) is 67.1 cm³/mol. The highest BCUT2D eigenvalue weighted by molar-refractivity contribution is 5.97. The Hall–Kier alpha value is -1.88. The van der Waals surface area contributed by atoms with Crippen LogP contribution in [-0.4, -0.2) is 49.0 Å². The number of carbonyl (C=O) groups is 2. The van der Waals surface area contributed by atoms with E-state index in [-0.39, 0.29) is 18.7 Å². The van der Waals surface area contributed by atoms with Crippen molar-refractivity contribution in [3.63, 3.8) is 0 Å². The lowest BCUT2D eigenvalue weighted by atomic mass is 10.1. The fraction of sp³-hybridized carbons (Fsp3) is 0.385. The number of carbonyl (C=O) groups excluding carboxylic acids is 1. The number of methoxy groups -OCH3 is 1. The molecule has 1 rings (SSSR count). The third-order valence-electron chi connectivity index (χ3n) is 2.53. The number of likely N-dealkylation sites (N-methyl/N-ethyl adjacent to an activating group) is 1. The number of aliphatic carboxylic acids is 1. The van der Waals surface area contributed by atoms with E-state index in [0.717, 1.165) is 0 Å². The number of rotatable bonds is 7. The van der Waals surface area contributed by atoms with Crippen LogP contribution in [-0.2, 0) is 4.79 Å². The number of Topliss-reactive ketones (excluding diaryl/α,β-unsaturated/α-hetero) is 1. The van der Waals surface area contributed by atoms with E-state index in [2.05, 4.69) is 0 Å². The summed E-state index contributed by atoms with van der Waals surface area (Å²) >= 11 is 0. The van der Waals surface area contributed by atoms with Crippen LogP contribution in [0.3, 0.4) is 0 Å². The smallest absolute Gasteiger partial charge is 0.304 e. The van der Waals surface area contributed by atoms with E-state index in [1.807, 2.05) is 0 Å². The van der Waals surface area contributed by atoms with Crippen LogP contribution in [0.2, 0.25) is 0 Å². The first-order valence-corrected chi connectivity index (χ1v) is 5.60. The highest BCUT2D eigenvalue weighted by Gasteiger charge is 2.10. The zero-order valence-corrected chi connectivity index (χ0v) is 10.5. The molecule has 1 N–H and O–H groups in total. The average molecular weight is 251 g/mol. The number of hydrogen-bond acceptors (Lipinski definition) is 4. The van der Waals surface area contributed by atoms with E-state index in [1.54, 1.807) is 43.3 Å². The van der Waals surface area contributed by atoms with Crippen LogP contribution in [0.1, 0.15) is 16.8 Å². The van der Waals surface area contributed by atoms with Crippen molar-refractivity contribution >= 4 is 11.8 Å². The summed E-state index contributed by atoms with van der Waals surface area (Å²) in [6.45, 7) is 0.566. The molecular formula is C13H17NO4. The van der Waals surface area contributed by atoms with Gasteiger partial charge in [-0.05, 0) is 31.3 Å². The molecular weight excluding hydrogens is 234 g/mol. The standard InChI is InChI=1S/C13H17NO4/c1-14(8-7-13(16)17)9-12(15)10-3-5-11(18-2)6-4-10/h3-6H,7-9H2,1-2H3,(H,16,17). The fourth-order valence-electron chi connectivity index (χ4n) is 1.48. The summed E-state index contributed by atoms with van der Waals surface area (Å²) in [5, 5.41) is 8.55. The van der Waals surface area contributed by atoms with Crippen LogP contribution in [0.25, 0.3) is 0 Å². The Morgan fingerprint density at radius 3 is 2.39 bits per heavy atom. The van der Waals surface area contributed by atoms with Gasteiger partial charge in [0, 0.05) is 12.1 Å². The maximum Gasteiger partial charge on any atom is 0.304 e. The van der Waals surface area contributed by atoms with Gasteiger partial charge in [-0.2, -0.15) is 0 Å². The van der Waals surface area contributed by atoms with Crippen molar-refractivity contribution in [1.29, 1.82) is 0 Å². The molecule has 0 fully saturated rings. The van der Waals surface area contributed by atoms with E-state index >= 15 is 0 Å². The SMILES string of the molecule is COc1ccc(C(=O)CN(C)CCC(=O)O)cc1. The van der Waals surface area contributed by atoms with E-state index < -0.39 is 5.97 Å². The lowest BCUT2D eigenvalue weighted by Crippen LogP contribution is -2.28. The quantitative estimate of drug-likeness (QED) is 0.739. The largest absolute Gasteiger partial charge is 0.497 e. The van der Waals surface area contributed by atoms with Crippen molar-refractivity contribution in [2.45, 2.75) is 6.42 Å². The molecule has 0 unspecified atom stereocenters. The molecule has 0 aliphatic heterocycles. The summed E-state index contributed by atoms with van der Waals surface area (Å²) in [5.41, 5.74) is 0.595. The van der Waals surface area contributed by atoms with Crippen LogP contribution in [0.4, 0.5) is 0 Å². The summed E-state index contributed by atoms with van der Waals surface area (Å²) < 4.78 is 5.01. The first kappa shape index (κ1) is 14.2. The number of benzene rings is 1. The molecule has 0 aromatic heterocycles. The molecule has 5 heteroatoms. The molecule has 0 bridgehead atoms. The van der Waals surface area contributed by atoms with Gasteiger partial charge in [0.1, 0.15) is 5.75 Å². The molecule has 0 saturated heterocycles. The molecule has 0 saturated carbocycles. The van der Waals surface area contributed by atoms with E-state index in [1.165, 1.54) is 0 Å². The zero-order valence-electron chi connectivity index (χ0n) is 10.5. The van der Waals surface area contributed by atoms with E-state index in [4.69, 9.17) is 9.84 Å². The number of carboxylic acid groups (broad SMARTS) is 1. The Morgan fingerprint density at radius 2 is 1.89 bits per heavy atom. The molecule has 0 spiro atoms. The first-order chi connectivity index (χ1) is 8.52. The summed E-state index contributed by atoms with van der Waals surface area (Å²) in [7, 11) is 3.29. The van der Waals surface area contributed by atoms with Crippen LogP contribution >= 0.6 is 0 Å². The minimum Gasteiger partial charge on any atom is -0.497 e. The normalized spacial score (nSPS) is 10.4. The van der Waals surface area contributed by atoms with Gasteiger partial charge in [-0.25, -0.2) is 0 Å². The molecule has 1 aromatic carbocycles. The molecule has 0 amide bonds. The van der Waals surface area contributed by atoms with Gasteiger partial charge in [0.2, 0.25) is 0 Å². The third kappa shape index (κ3) is 4.55. The average Bonchev–Trinajstić information content (AvgIpc) is 2.36. The van der Waals surface area contributed by atoms with Gasteiger partial charge < -0.3 is 9.84 Å². The molecule has 98 valence electrons. The van der Waals surface area contributed by atoms with Crippen LogP contribution < -0.4 is 4.74 Å². The van der Waals surface area contributed by atoms with Gasteiger partial charge in [0.25, 0.3) is 0 Å². The molecule has 18 heavy (non-hydrogen) atoms. The minimum atomic E-state index is -0.862. The molecule has 0 atom stereocenters.